The predicted molar refractivity (Wildman–Crippen MR) is 139 cm³/mol. The van der Waals surface area contributed by atoms with Crippen molar-refractivity contribution in [1.29, 1.82) is 0 Å². The van der Waals surface area contributed by atoms with Crippen LogP contribution in [0.2, 0.25) is 5.02 Å². The fourth-order valence-electron chi connectivity index (χ4n) is 4.45. The molecular formula is C26H33ClF3N3O3S. The van der Waals surface area contributed by atoms with Gasteiger partial charge in [-0.1, -0.05) is 35.9 Å². The van der Waals surface area contributed by atoms with Gasteiger partial charge in [0, 0.05) is 31.2 Å². The highest BCUT2D eigenvalue weighted by molar-refractivity contribution is 7.88. The summed E-state index contributed by atoms with van der Waals surface area (Å²) in [7, 11) is -3.26. The number of alkyl halides is 3. The maximum absolute atomic E-state index is 13.6. The number of nitrogens with zero attached hydrogens (tertiary/aromatic N) is 2. The summed E-state index contributed by atoms with van der Waals surface area (Å²) in [5, 5.41) is 3.49. The van der Waals surface area contributed by atoms with Gasteiger partial charge in [-0.25, -0.2) is 12.7 Å². The second kappa shape index (κ2) is 11.7. The molecule has 1 saturated heterocycles. The zero-order valence-electron chi connectivity index (χ0n) is 21.2. The number of carbonyl (C=O) groups is 1. The first kappa shape index (κ1) is 29.4. The molecule has 0 aliphatic carbocycles. The van der Waals surface area contributed by atoms with Crippen molar-refractivity contribution in [3.63, 3.8) is 0 Å². The summed E-state index contributed by atoms with van der Waals surface area (Å²) in [5.41, 5.74) is 0.496. The molecule has 11 heteroatoms. The fraction of sp³-hybridized carbons (Fsp3) is 0.500. The minimum Gasteiger partial charge on any atom is -0.351 e. The van der Waals surface area contributed by atoms with Gasteiger partial charge in [0.15, 0.2) is 0 Å². The molecule has 2 aromatic rings. The minimum atomic E-state index is -4.42. The largest absolute Gasteiger partial charge is 0.416 e. The zero-order valence-corrected chi connectivity index (χ0v) is 22.8. The second-order valence-electron chi connectivity index (χ2n) is 9.78. The molecule has 3 rings (SSSR count). The van der Waals surface area contributed by atoms with E-state index >= 15 is 0 Å². The quantitative estimate of drug-likeness (QED) is 0.513. The fourth-order valence-corrected chi connectivity index (χ4v) is 5.44. The topological polar surface area (TPSA) is 69.7 Å². The maximum atomic E-state index is 13.6. The normalized spacial score (nSPS) is 17.7. The summed E-state index contributed by atoms with van der Waals surface area (Å²) < 4.78 is 64.0. The van der Waals surface area contributed by atoms with Crippen molar-refractivity contribution < 1.29 is 26.4 Å². The van der Waals surface area contributed by atoms with Gasteiger partial charge >= 0.3 is 6.18 Å². The average Bonchev–Trinajstić information content (AvgIpc) is 3.08. The number of rotatable bonds is 8. The lowest BCUT2D eigenvalue weighted by molar-refractivity contribution is -0.137. The van der Waals surface area contributed by atoms with Gasteiger partial charge in [-0.3, -0.25) is 4.79 Å². The Morgan fingerprint density at radius 3 is 2.27 bits per heavy atom. The van der Waals surface area contributed by atoms with Gasteiger partial charge in [0.05, 0.1) is 17.2 Å². The summed E-state index contributed by atoms with van der Waals surface area (Å²) >= 11 is 6.22. The van der Waals surface area contributed by atoms with E-state index in [1.807, 2.05) is 26.0 Å². The number of carbonyl (C=O) groups excluding carboxylic acids is 1. The first-order valence-electron chi connectivity index (χ1n) is 12.1. The molecule has 37 heavy (non-hydrogen) atoms. The van der Waals surface area contributed by atoms with Gasteiger partial charge < -0.3 is 10.2 Å². The summed E-state index contributed by atoms with van der Waals surface area (Å²) in [5.74, 6) is -0.248. The molecule has 1 amide bonds. The molecule has 204 valence electrons. The minimum absolute atomic E-state index is 0.0895. The maximum Gasteiger partial charge on any atom is 0.416 e. The van der Waals surface area contributed by atoms with Gasteiger partial charge in [0.2, 0.25) is 15.9 Å². The van der Waals surface area contributed by atoms with Crippen molar-refractivity contribution in [2.24, 2.45) is 0 Å². The highest BCUT2D eigenvalue weighted by atomic mass is 35.5. The molecule has 1 aliphatic heterocycles. The van der Waals surface area contributed by atoms with Gasteiger partial charge in [-0.2, -0.15) is 13.2 Å². The lowest BCUT2D eigenvalue weighted by atomic mass is 9.77. The summed E-state index contributed by atoms with van der Waals surface area (Å²) in [4.78, 5) is 15.7. The molecule has 0 spiro atoms. The molecule has 1 fully saturated rings. The van der Waals surface area contributed by atoms with Crippen LogP contribution in [0.5, 0.6) is 0 Å². The van der Waals surface area contributed by atoms with Crippen molar-refractivity contribution in [3.05, 3.63) is 69.7 Å². The van der Waals surface area contributed by atoms with E-state index in [1.165, 1.54) is 22.7 Å². The number of halogens is 4. The van der Waals surface area contributed by atoms with E-state index in [-0.39, 0.29) is 12.5 Å². The van der Waals surface area contributed by atoms with Crippen LogP contribution in [-0.2, 0) is 33.0 Å². The Morgan fingerprint density at radius 1 is 1.03 bits per heavy atom. The first-order valence-corrected chi connectivity index (χ1v) is 14.3. The molecule has 1 heterocycles. The molecule has 6 nitrogen and oxygen atoms in total. The van der Waals surface area contributed by atoms with Crippen molar-refractivity contribution in [2.45, 2.75) is 44.8 Å². The Labute approximate surface area is 221 Å². The molecule has 1 unspecified atom stereocenters. The van der Waals surface area contributed by atoms with E-state index in [9.17, 15) is 26.4 Å². The number of amides is 1. The van der Waals surface area contributed by atoms with E-state index in [0.717, 1.165) is 29.8 Å². The Kier molecular flexibility index (Phi) is 9.32. The molecule has 2 aromatic carbocycles. The summed E-state index contributed by atoms with van der Waals surface area (Å²) in [6, 6.07) is 10.2. The molecule has 0 aromatic heterocycles. The highest BCUT2D eigenvalue weighted by Crippen LogP contribution is 2.32. The molecule has 0 bridgehead atoms. The number of hydrogen-bond acceptors (Lipinski definition) is 4. The van der Waals surface area contributed by atoms with Gasteiger partial charge in [0.25, 0.3) is 0 Å². The monoisotopic (exact) mass is 559 g/mol. The lowest BCUT2D eigenvalue weighted by Gasteiger charge is -2.32. The standard InChI is InChI=1S/C26H33ClF3N3O3S/c1-19-17-22(9-10-23(19)27)25(2,11-14-32-12-4-13-33(16-15-32)37(3,35)36)24(34)31-18-20-5-7-21(8-6-20)26(28,29)30/h5-10,17H,4,11-16,18H2,1-3H3,(H,31,34). The van der Waals surface area contributed by atoms with E-state index < -0.39 is 27.2 Å². The van der Waals surface area contributed by atoms with Gasteiger partial charge in [-0.05, 0) is 74.7 Å². The van der Waals surface area contributed by atoms with Crippen LogP contribution < -0.4 is 5.32 Å². The van der Waals surface area contributed by atoms with E-state index in [1.54, 1.807) is 6.07 Å². The third kappa shape index (κ3) is 7.69. The zero-order chi connectivity index (χ0) is 27.4. The lowest BCUT2D eigenvalue weighted by Crippen LogP contribution is -2.44. The highest BCUT2D eigenvalue weighted by Gasteiger charge is 2.36. The van der Waals surface area contributed by atoms with Crippen LogP contribution in [0.1, 0.15) is 42.0 Å². The third-order valence-electron chi connectivity index (χ3n) is 6.98. The molecule has 1 N–H and O–H groups in total. The van der Waals surface area contributed by atoms with Crippen LogP contribution >= 0.6 is 11.6 Å². The smallest absolute Gasteiger partial charge is 0.351 e. The molecule has 0 radical (unpaired) electrons. The van der Waals surface area contributed by atoms with Gasteiger partial charge in [-0.15, -0.1) is 0 Å². The molecule has 1 atom stereocenters. The van der Waals surface area contributed by atoms with E-state index in [0.29, 0.717) is 49.6 Å². The van der Waals surface area contributed by atoms with Crippen LogP contribution in [0.15, 0.2) is 42.5 Å². The Balaban J connectivity index is 1.75. The van der Waals surface area contributed by atoms with Crippen LogP contribution in [0.4, 0.5) is 13.2 Å². The molecule has 0 saturated carbocycles. The van der Waals surface area contributed by atoms with Crippen molar-refractivity contribution in [3.8, 4) is 0 Å². The number of nitrogens with one attached hydrogen (secondary N) is 1. The molecular weight excluding hydrogens is 527 g/mol. The van der Waals surface area contributed by atoms with Crippen LogP contribution in [0, 0.1) is 6.92 Å². The molecule has 1 aliphatic rings. The number of aryl methyl sites for hydroxylation is 1. The number of benzene rings is 2. The summed E-state index contributed by atoms with van der Waals surface area (Å²) in [6.45, 7) is 6.52. The summed E-state index contributed by atoms with van der Waals surface area (Å²) in [6.07, 6.45) is -2.04. The average molecular weight is 560 g/mol. The number of hydrogen-bond donors (Lipinski definition) is 1. The van der Waals surface area contributed by atoms with Crippen molar-refractivity contribution >= 4 is 27.5 Å². The Bertz CT molecular complexity index is 1210. The third-order valence-corrected chi connectivity index (χ3v) is 8.70. The second-order valence-corrected chi connectivity index (χ2v) is 12.2. The van der Waals surface area contributed by atoms with Crippen LogP contribution in [0.3, 0.4) is 0 Å². The first-order chi connectivity index (χ1) is 17.2. The Hall–Kier alpha value is -2.14. The van der Waals surface area contributed by atoms with Crippen LogP contribution in [-0.4, -0.2) is 62.5 Å². The van der Waals surface area contributed by atoms with Crippen LogP contribution in [0.25, 0.3) is 0 Å². The van der Waals surface area contributed by atoms with E-state index in [2.05, 4.69) is 10.2 Å². The van der Waals surface area contributed by atoms with Gasteiger partial charge in [0.1, 0.15) is 0 Å². The SMILES string of the molecule is Cc1cc(C(C)(CCN2CCCN(S(C)(=O)=O)CC2)C(=O)NCc2ccc(C(F)(F)F)cc2)ccc1Cl. The van der Waals surface area contributed by atoms with Crippen molar-refractivity contribution in [2.75, 3.05) is 39.0 Å². The Morgan fingerprint density at radius 2 is 1.68 bits per heavy atom. The predicted octanol–water partition coefficient (Wildman–Crippen LogP) is 4.60. The van der Waals surface area contributed by atoms with E-state index in [4.69, 9.17) is 11.6 Å². The van der Waals surface area contributed by atoms with Crippen molar-refractivity contribution in [1.82, 2.24) is 14.5 Å². The number of sulfonamides is 1.